The van der Waals surface area contributed by atoms with E-state index in [1.54, 1.807) is 0 Å². The van der Waals surface area contributed by atoms with E-state index >= 15 is 0 Å². The molecular formula is C15H24N2O2. The van der Waals surface area contributed by atoms with Gasteiger partial charge in [0.2, 0.25) is 5.91 Å². The second-order valence-corrected chi connectivity index (χ2v) is 5.00. The Hall–Kier alpha value is -1.55. The molecular weight excluding hydrogens is 240 g/mol. The van der Waals surface area contributed by atoms with Gasteiger partial charge in [-0.2, -0.15) is 0 Å². The van der Waals surface area contributed by atoms with E-state index in [4.69, 9.17) is 10.8 Å². The Morgan fingerprint density at radius 3 is 2.47 bits per heavy atom. The zero-order valence-electron chi connectivity index (χ0n) is 11.8. The fourth-order valence-electron chi connectivity index (χ4n) is 1.99. The number of amides is 1. The van der Waals surface area contributed by atoms with Crippen molar-refractivity contribution in [3.63, 3.8) is 0 Å². The highest BCUT2D eigenvalue weighted by Crippen LogP contribution is 2.10. The maximum Gasteiger partial charge on any atom is 0.223 e. The van der Waals surface area contributed by atoms with Gasteiger partial charge >= 0.3 is 0 Å². The number of hydrogen-bond donors (Lipinski definition) is 2. The lowest BCUT2D eigenvalue weighted by atomic mass is 10.1. The Bertz CT molecular complexity index is 388. The minimum atomic E-state index is 0.120. The summed E-state index contributed by atoms with van der Waals surface area (Å²) in [5.41, 5.74) is 7.48. The molecule has 1 aromatic rings. The van der Waals surface area contributed by atoms with E-state index in [-0.39, 0.29) is 18.6 Å². The lowest BCUT2D eigenvalue weighted by Gasteiger charge is -2.26. The molecule has 0 fully saturated rings. The van der Waals surface area contributed by atoms with Crippen molar-refractivity contribution in [3.05, 3.63) is 29.8 Å². The van der Waals surface area contributed by atoms with Gasteiger partial charge in [0.1, 0.15) is 0 Å². The molecule has 0 aliphatic heterocycles. The molecule has 4 nitrogen and oxygen atoms in total. The van der Waals surface area contributed by atoms with Crippen LogP contribution in [0.4, 0.5) is 5.69 Å². The molecule has 0 spiro atoms. The number of carbonyl (C=O) groups excluding carboxylic acids is 1. The van der Waals surface area contributed by atoms with E-state index in [0.717, 1.165) is 17.7 Å². The smallest absolute Gasteiger partial charge is 0.223 e. The Morgan fingerprint density at radius 1 is 1.32 bits per heavy atom. The number of benzene rings is 1. The van der Waals surface area contributed by atoms with E-state index in [9.17, 15) is 4.79 Å². The first-order valence-corrected chi connectivity index (χ1v) is 6.79. The Morgan fingerprint density at radius 2 is 1.95 bits per heavy atom. The van der Waals surface area contributed by atoms with Crippen LogP contribution >= 0.6 is 0 Å². The number of anilines is 1. The van der Waals surface area contributed by atoms with Crippen LogP contribution in [0.25, 0.3) is 0 Å². The average Bonchev–Trinajstić information content (AvgIpc) is 2.38. The Balaban J connectivity index is 2.49. The molecule has 0 unspecified atom stereocenters. The first kappa shape index (κ1) is 15.5. The van der Waals surface area contributed by atoms with Gasteiger partial charge in [-0.1, -0.05) is 12.1 Å². The van der Waals surface area contributed by atoms with Crippen molar-refractivity contribution in [2.24, 2.45) is 0 Å². The molecule has 0 radical (unpaired) electrons. The van der Waals surface area contributed by atoms with Crippen molar-refractivity contribution in [3.8, 4) is 0 Å². The average molecular weight is 264 g/mol. The zero-order chi connectivity index (χ0) is 14.3. The molecule has 0 aliphatic rings. The van der Waals surface area contributed by atoms with Crippen molar-refractivity contribution < 1.29 is 9.90 Å². The number of aryl methyl sites for hydroxylation is 1. The lowest BCUT2D eigenvalue weighted by Crippen LogP contribution is -2.38. The van der Waals surface area contributed by atoms with Gasteiger partial charge in [-0.15, -0.1) is 0 Å². The molecule has 1 amide bonds. The first-order valence-electron chi connectivity index (χ1n) is 6.79. The molecule has 19 heavy (non-hydrogen) atoms. The number of nitrogens with two attached hydrogens (primary N) is 1. The van der Waals surface area contributed by atoms with Crippen LogP contribution in [0.5, 0.6) is 0 Å². The normalized spacial score (nSPS) is 10.7. The van der Waals surface area contributed by atoms with Gasteiger partial charge in [0.15, 0.2) is 0 Å². The van der Waals surface area contributed by atoms with E-state index < -0.39 is 0 Å². The summed E-state index contributed by atoms with van der Waals surface area (Å²) in [6, 6.07) is 7.79. The fourth-order valence-corrected chi connectivity index (χ4v) is 1.99. The number of nitrogen functional groups attached to an aromatic ring is 1. The number of rotatable bonds is 7. The van der Waals surface area contributed by atoms with Gasteiger partial charge in [0, 0.05) is 31.3 Å². The highest BCUT2D eigenvalue weighted by molar-refractivity contribution is 5.76. The molecule has 0 saturated carbocycles. The van der Waals surface area contributed by atoms with Crippen LogP contribution < -0.4 is 5.73 Å². The topological polar surface area (TPSA) is 66.6 Å². The summed E-state index contributed by atoms with van der Waals surface area (Å²) >= 11 is 0. The number of nitrogens with zero attached hydrogens (tertiary/aromatic N) is 1. The molecule has 3 N–H and O–H groups in total. The molecule has 0 aromatic heterocycles. The highest BCUT2D eigenvalue weighted by atomic mass is 16.3. The number of aliphatic hydroxyl groups excluding tert-OH is 1. The monoisotopic (exact) mass is 264 g/mol. The molecule has 1 rings (SSSR count). The van der Waals surface area contributed by atoms with Crippen molar-refractivity contribution in [2.75, 3.05) is 18.9 Å². The van der Waals surface area contributed by atoms with E-state index in [2.05, 4.69) is 0 Å². The van der Waals surface area contributed by atoms with Crippen molar-refractivity contribution in [1.29, 1.82) is 0 Å². The second-order valence-electron chi connectivity index (χ2n) is 5.00. The maximum atomic E-state index is 12.2. The molecule has 106 valence electrons. The van der Waals surface area contributed by atoms with Crippen LogP contribution in [0.15, 0.2) is 24.3 Å². The van der Waals surface area contributed by atoms with Crippen molar-refractivity contribution in [1.82, 2.24) is 4.90 Å². The number of carbonyl (C=O) groups is 1. The molecule has 1 aromatic carbocycles. The third-order valence-corrected chi connectivity index (χ3v) is 3.11. The van der Waals surface area contributed by atoms with Gasteiger partial charge < -0.3 is 15.7 Å². The van der Waals surface area contributed by atoms with Gasteiger partial charge in [-0.25, -0.2) is 0 Å². The van der Waals surface area contributed by atoms with E-state index in [0.29, 0.717) is 19.4 Å². The molecule has 0 heterocycles. The van der Waals surface area contributed by atoms with Crippen LogP contribution in [-0.2, 0) is 11.2 Å². The number of hydrogen-bond acceptors (Lipinski definition) is 3. The SMILES string of the molecule is CC(C)N(CCCO)C(=O)CCc1ccc(N)cc1. The quantitative estimate of drug-likeness (QED) is 0.738. The van der Waals surface area contributed by atoms with Crippen molar-refractivity contribution >= 4 is 11.6 Å². The largest absolute Gasteiger partial charge is 0.399 e. The fraction of sp³-hybridized carbons (Fsp3) is 0.533. The van der Waals surface area contributed by atoms with Gasteiger partial charge in [-0.05, 0) is 44.4 Å². The van der Waals surface area contributed by atoms with Gasteiger partial charge in [0.25, 0.3) is 0 Å². The summed E-state index contributed by atoms with van der Waals surface area (Å²) in [5.74, 6) is 0.139. The molecule has 4 heteroatoms. The van der Waals surface area contributed by atoms with Crippen molar-refractivity contribution in [2.45, 2.75) is 39.2 Å². The summed E-state index contributed by atoms with van der Waals surface area (Å²) in [6.45, 7) is 4.74. The van der Waals surface area contributed by atoms with Gasteiger partial charge in [0.05, 0.1) is 0 Å². The maximum absolute atomic E-state index is 12.2. The highest BCUT2D eigenvalue weighted by Gasteiger charge is 2.15. The standard InChI is InChI=1S/C15H24N2O2/c1-12(2)17(10-3-11-18)15(19)9-6-13-4-7-14(16)8-5-13/h4-5,7-8,12,18H,3,6,9-11,16H2,1-2H3. The lowest BCUT2D eigenvalue weighted by molar-refractivity contribution is -0.133. The van der Waals surface area contributed by atoms with Crippen LogP contribution in [0.3, 0.4) is 0 Å². The summed E-state index contributed by atoms with van der Waals surface area (Å²) in [5, 5.41) is 8.86. The molecule has 0 aliphatic carbocycles. The molecule has 0 saturated heterocycles. The van der Waals surface area contributed by atoms with Crippen LogP contribution in [0, 0.1) is 0 Å². The van der Waals surface area contributed by atoms with Crippen LogP contribution in [-0.4, -0.2) is 35.1 Å². The Labute approximate surface area is 115 Å². The second kappa shape index (κ2) is 7.79. The zero-order valence-corrected chi connectivity index (χ0v) is 11.8. The minimum absolute atomic E-state index is 0.120. The molecule has 0 bridgehead atoms. The molecule has 0 atom stereocenters. The summed E-state index contributed by atoms with van der Waals surface area (Å²) < 4.78 is 0. The predicted octanol–water partition coefficient (Wildman–Crippen LogP) is 1.82. The Kier molecular flexibility index (Phi) is 6.36. The summed E-state index contributed by atoms with van der Waals surface area (Å²) in [6.07, 6.45) is 1.85. The van der Waals surface area contributed by atoms with E-state index in [1.807, 2.05) is 43.0 Å². The van der Waals surface area contributed by atoms with E-state index in [1.165, 1.54) is 0 Å². The third kappa shape index (κ3) is 5.30. The number of aliphatic hydroxyl groups is 1. The van der Waals surface area contributed by atoms with Gasteiger partial charge in [-0.3, -0.25) is 4.79 Å². The first-order chi connectivity index (χ1) is 9.04. The third-order valence-electron chi connectivity index (χ3n) is 3.11. The summed E-state index contributed by atoms with van der Waals surface area (Å²) in [7, 11) is 0. The minimum Gasteiger partial charge on any atom is -0.399 e. The summed E-state index contributed by atoms with van der Waals surface area (Å²) in [4.78, 5) is 14.0. The van der Waals surface area contributed by atoms with Crippen LogP contribution in [0.1, 0.15) is 32.3 Å². The predicted molar refractivity (Wildman–Crippen MR) is 77.7 cm³/mol. The van der Waals surface area contributed by atoms with Crippen LogP contribution in [0.2, 0.25) is 0 Å².